The summed E-state index contributed by atoms with van der Waals surface area (Å²) in [6, 6.07) is 9.89. The number of carbonyl (C=O) groups is 4. The van der Waals surface area contributed by atoms with Gasteiger partial charge in [0.1, 0.15) is 18.4 Å². The molecule has 12 heteroatoms. The van der Waals surface area contributed by atoms with Crippen LogP contribution in [-0.4, -0.2) is 74.0 Å². The van der Waals surface area contributed by atoms with Crippen molar-refractivity contribution in [2.24, 2.45) is 5.92 Å². The number of carbonyl (C=O) groups excluding carboxylic acids is 4. The van der Waals surface area contributed by atoms with Crippen LogP contribution < -0.4 is 16.0 Å². The predicted molar refractivity (Wildman–Crippen MR) is 164 cm³/mol. The Kier molecular flexibility index (Phi) is 11.2. The van der Waals surface area contributed by atoms with Crippen LogP contribution in [0.15, 0.2) is 48.8 Å². The number of hydrogen-bond acceptors (Lipinski definition) is 7. The maximum Gasteiger partial charge on any atom is 0.255 e. The van der Waals surface area contributed by atoms with E-state index in [1.54, 1.807) is 24.1 Å². The summed E-state index contributed by atoms with van der Waals surface area (Å²) < 4.78 is 1.52. The fourth-order valence-electron chi connectivity index (χ4n) is 5.22. The van der Waals surface area contributed by atoms with Crippen LogP contribution in [0.1, 0.15) is 72.3 Å². The SMILES string of the molecule is Cc1cncc(C(=O)N2CCCNC(=O)Cn3nc(C)nc3[C@H](C(C)C)NC(=O)[C@@H](Cc3ccccc3)NC(=O)CCC2)c1. The standard InChI is InChI=1S/C32H42N8O4/c1-21(2)29-30-35-23(4)38-40(30)20-28(42)34-13-9-15-39(32(44)25-16-22(3)18-33-19-25)14-8-12-27(41)36-26(31(43)37-29)17-24-10-6-5-7-11-24/h5-7,10-11,16,18-19,21,26,29H,8-9,12-15,17,20H2,1-4H3,(H,34,42)(H,36,41)(H,37,43)/t26-,29+/m1/s1. The number of amides is 4. The van der Waals surface area contributed by atoms with Crippen LogP contribution in [-0.2, 0) is 27.3 Å². The summed E-state index contributed by atoms with van der Waals surface area (Å²) in [5.41, 5.74) is 2.23. The van der Waals surface area contributed by atoms with Crippen molar-refractivity contribution in [2.75, 3.05) is 19.6 Å². The first-order valence-corrected chi connectivity index (χ1v) is 15.1. The highest BCUT2D eigenvalue weighted by atomic mass is 16.2. The van der Waals surface area contributed by atoms with Gasteiger partial charge in [0.25, 0.3) is 5.91 Å². The van der Waals surface area contributed by atoms with E-state index in [0.717, 1.165) is 11.1 Å². The summed E-state index contributed by atoms with van der Waals surface area (Å²) in [4.78, 5) is 63.6. The van der Waals surface area contributed by atoms with Crippen molar-refractivity contribution in [1.29, 1.82) is 0 Å². The maximum atomic E-state index is 13.8. The van der Waals surface area contributed by atoms with E-state index < -0.39 is 12.1 Å². The lowest BCUT2D eigenvalue weighted by molar-refractivity contribution is -0.129. The van der Waals surface area contributed by atoms with Gasteiger partial charge in [0.2, 0.25) is 17.7 Å². The number of pyridine rings is 1. The molecule has 1 aromatic carbocycles. The number of aryl methyl sites for hydroxylation is 2. The average Bonchev–Trinajstić information content (AvgIpc) is 3.35. The van der Waals surface area contributed by atoms with E-state index in [0.29, 0.717) is 56.1 Å². The van der Waals surface area contributed by atoms with Gasteiger partial charge in [-0.15, -0.1) is 0 Å². The molecule has 0 radical (unpaired) electrons. The molecule has 0 spiro atoms. The minimum absolute atomic E-state index is 0.0724. The minimum atomic E-state index is -0.845. The van der Waals surface area contributed by atoms with E-state index in [1.165, 1.54) is 10.9 Å². The lowest BCUT2D eigenvalue weighted by Gasteiger charge is -2.26. The summed E-state index contributed by atoms with van der Waals surface area (Å²) in [6.07, 6.45) is 4.57. The number of nitrogens with one attached hydrogen (secondary N) is 3. The third-order valence-electron chi connectivity index (χ3n) is 7.44. The molecule has 1 aliphatic rings. The molecule has 0 aliphatic carbocycles. The van der Waals surface area contributed by atoms with Crippen LogP contribution in [0.3, 0.4) is 0 Å². The zero-order valence-corrected chi connectivity index (χ0v) is 25.9. The van der Waals surface area contributed by atoms with E-state index in [-0.39, 0.29) is 42.5 Å². The second-order valence-electron chi connectivity index (χ2n) is 11.6. The van der Waals surface area contributed by atoms with E-state index in [1.807, 2.05) is 51.1 Å². The van der Waals surface area contributed by atoms with Crippen LogP contribution in [0, 0.1) is 19.8 Å². The van der Waals surface area contributed by atoms with Gasteiger partial charge in [-0.25, -0.2) is 9.67 Å². The molecule has 0 fully saturated rings. The summed E-state index contributed by atoms with van der Waals surface area (Å²) in [7, 11) is 0. The number of fused-ring (bicyclic) bond motifs is 1. The molecule has 3 heterocycles. The van der Waals surface area contributed by atoms with Crippen molar-refractivity contribution in [3.05, 3.63) is 77.1 Å². The Morgan fingerprint density at radius 1 is 1.00 bits per heavy atom. The fourth-order valence-corrected chi connectivity index (χ4v) is 5.22. The Balaban J connectivity index is 1.60. The van der Waals surface area contributed by atoms with Gasteiger partial charge in [0.05, 0.1) is 11.6 Å². The normalized spacial score (nSPS) is 19.3. The van der Waals surface area contributed by atoms with Crippen molar-refractivity contribution in [3.8, 4) is 0 Å². The monoisotopic (exact) mass is 602 g/mol. The molecule has 3 aromatic rings. The van der Waals surface area contributed by atoms with Gasteiger partial charge in [0, 0.05) is 44.9 Å². The molecule has 234 valence electrons. The highest BCUT2D eigenvalue weighted by molar-refractivity contribution is 5.94. The number of benzene rings is 1. The molecule has 2 atom stereocenters. The molecule has 2 aromatic heterocycles. The van der Waals surface area contributed by atoms with Crippen molar-refractivity contribution >= 4 is 23.6 Å². The smallest absolute Gasteiger partial charge is 0.255 e. The molecule has 3 N–H and O–H groups in total. The lowest BCUT2D eigenvalue weighted by Crippen LogP contribution is -2.50. The Labute approximate surface area is 258 Å². The Morgan fingerprint density at radius 3 is 2.48 bits per heavy atom. The van der Waals surface area contributed by atoms with Crippen LogP contribution in [0.25, 0.3) is 0 Å². The first-order valence-electron chi connectivity index (χ1n) is 15.1. The first kappa shape index (κ1) is 32.3. The Bertz CT molecular complexity index is 1460. The van der Waals surface area contributed by atoms with Gasteiger partial charge in [0.15, 0.2) is 5.82 Å². The van der Waals surface area contributed by atoms with E-state index in [2.05, 4.69) is 31.0 Å². The second kappa shape index (κ2) is 15.2. The van der Waals surface area contributed by atoms with E-state index in [4.69, 9.17) is 0 Å². The highest BCUT2D eigenvalue weighted by Gasteiger charge is 2.30. The number of rotatable bonds is 4. The van der Waals surface area contributed by atoms with Crippen molar-refractivity contribution in [1.82, 2.24) is 40.6 Å². The molecule has 1 aliphatic heterocycles. The molecular formula is C32H42N8O4. The summed E-state index contributed by atoms with van der Waals surface area (Å²) >= 11 is 0. The molecule has 0 saturated carbocycles. The molecule has 4 amide bonds. The Hall–Kier alpha value is -4.61. The van der Waals surface area contributed by atoms with Crippen LogP contribution in [0.5, 0.6) is 0 Å². The molecule has 0 unspecified atom stereocenters. The van der Waals surface area contributed by atoms with Crippen LogP contribution in [0.2, 0.25) is 0 Å². The Morgan fingerprint density at radius 2 is 1.75 bits per heavy atom. The summed E-state index contributed by atoms with van der Waals surface area (Å²) in [6.45, 7) is 8.51. The van der Waals surface area contributed by atoms with Gasteiger partial charge >= 0.3 is 0 Å². The first-order chi connectivity index (χ1) is 21.1. The number of hydrogen-bond donors (Lipinski definition) is 3. The quantitative estimate of drug-likeness (QED) is 0.415. The molecular weight excluding hydrogens is 560 g/mol. The number of aromatic nitrogens is 4. The number of nitrogens with zero attached hydrogens (tertiary/aromatic N) is 5. The van der Waals surface area contributed by atoms with Gasteiger partial charge in [-0.1, -0.05) is 44.2 Å². The highest BCUT2D eigenvalue weighted by Crippen LogP contribution is 2.21. The molecule has 0 bridgehead atoms. The maximum absolute atomic E-state index is 13.8. The van der Waals surface area contributed by atoms with Crippen molar-refractivity contribution in [2.45, 2.75) is 72.0 Å². The summed E-state index contributed by atoms with van der Waals surface area (Å²) in [5, 5.41) is 13.3. The average molecular weight is 603 g/mol. The van der Waals surface area contributed by atoms with Gasteiger partial charge in [-0.3, -0.25) is 24.2 Å². The summed E-state index contributed by atoms with van der Waals surface area (Å²) in [5.74, 6) is -0.202. The van der Waals surface area contributed by atoms with E-state index in [9.17, 15) is 19.2 Å². The molecule has 12 nitrogen and oxygen atoms in total. The van der Waals surface area contributed by atoms with Crippen LogP contribution >= 0.6 is 0 Å². The van der Waals surface area contributed by atoms with Crippen molar-refractivity contribution in [3.63, 3.8) is 0 Å². The molecule has 44 heavy (non-hydrogen) atoms. The zero-order chi connectivity index (χ0) is 31.6. The van der Waals surface area contributed by atoms with Gasteiger partial charge < -0.3 is 20.9 Å². The minimum Gasteiger partial charge on any atom is -0.354 e. The molecule has 0 saturated heterocycles. The second-order valence-corrected chi connectivity index (χ2v) is 11.6. The fraction of sp³-hybridized carbons (Fsp3) is 0.469. The predicted octanol–water partition coefficient (Wildman–Crippen LogP) is 2.27. The third-order valence-corrected chi connectivity index (χ3v) is 7.44. The van der Waals surface area contributed by atoms with Gasteiger partial charge in [-0.05, 0) is 49.8 Å². The third kappa shape index (κ3) is 8.95. The lowest BCUT2D eigenvalue weighted by atomic mass is 10.0. The largest absolute Gasteiger partial charge is 0.354 e. The topological polar surface area (TPSA) is 151 Å². The van der Waals surface area contributed by atoms with Gasteiger partial charge in [-0.2, -0.15) is 5.10 Å². The van der Waals surface area contributed by atoms with Crippen LogP contribution in [0.4, 0.5) is 0 Å². The van der Waals surface area contributed by atoms with Crippen molar-refractivity contribution < 1.29 is 19.2 Å². The zero-order valence-electron chi connectivity index (χ0n) is 25.9. The molecule has 4 rings (SSSR count). The van der Waals surface area contributed by atoms with E-state index >= 15 is 0 Å².